The monoisotopic (exact) mass is 423 g/mol. The zero-order valence-electron chi connectivity index (χ0n) is 15.8. The van der Waals surface area contributed by atoms with E-state index in [9.17, 15) is 22.4 Å². The number of carbonyl (C=O) groups is 2. The summed E-state index contributed by atoms with van der Waals surface area (Å²) in [5.74, 6) is -2.24. The van der Waals surface area contributed by atoms with Gasteiger partial charge in [-0.05, 0) is 42.5 Å². The van der Waals surface area contributed by atoms with Gasteiger partial charge in [-0.2, -0.15) is 0 Å². The quantitative estimate of drug-likeness (QED) is 0.535. The standard InChI is InChI=1S/C19H18FNO7S/c1-26-18(22)11-16(19(23)27-2)21-12-4-6-13(7-5-12)28-17-9-8-14(10-15(17)20)29(3,24)25/h4-11,21H,1-3H3/b16-11+. The highest BCUT2D eigenvalue weighted by atomic mass is 32.2. The number of hydrogen-bond donors (Lipinski definition) is 1. The van der Waals surface area contributed by atoms with Gasteiger partial charge in [0.25, 0.3) is 0 Å². The number of rotatable bonds is 7. The summed E-state index contributed by atoms with van der Waals surface area (Å²) >= 11 is 0. The SMILES string of the molecule is COC(=O)/C=C(/Nc1ccc(Oc2ccc(S(C)(=O)=O)cc2F)cc1)C(=O)OC. The molecule has 1 N–H and O–H groups in total. The van der Waals surface area contributed by atoms with Gasteiger partial charge in [0.05, 0.1) is 25.2 Å². The highest BCUT2D eigenvalue weighted by Crippen LogP contribution is 2.27. The molecule has 2 aromatic carbocycles. The zero-order valence-corrected chi connectivity index (χ0v) is 16.6. The number of carbonyl (C=O) groups excluding carboxylic acids is 2. The van der Waals surface area contributed by atoms with Crippen molar-refractivity contribution in [1.82, 2.24) is 0 Å². The Morgan fingerprint density at radius 2 is 1.69 bits per heavy atom. The summed E-state index contributed by atoms with van der Waals surface area (Å²) in [6.07, 6.45) is 1.92. The van der Waals surface area contributed by atoms with Gasteiger partial charge in [0.2, 0.25) is 0 Å². The van der Waals surface area contributed by atoms with E-state index in [4.69, 9.17) is 4.74 Å². The molecule has 0 spiro atoms. The first-order chi connectivity index (χ1) is 13.6. The predicted molar refractivity (Wildman–Crippen MR) is 102 cm³/mol. The van der Waals surface area contributed by atoms with Crippen molar-refractivity contribution in [2.24, 2.45) is 0 Å². The smallest absolute Gasteiger partial charge is 0.354 e. The summed E-state index contributed by atoms with van der Waals surface area (Å²) < 4.78 is 51.5. The van der Waals surface area contributed by atoms with E-state index in [0.29, 0.717) is 5.69 Å². The van der Waals surface area contributed by atoms with Crippen molar-refractivity contribution in [2.75, 3.05) is 25.8 Å². The van der Waals surface area contributed by atoms with Crippen LogP contribution >= 0.6 is 0 Å². The molecule has 29 heavy (non-hydrogen) atoms. The maximum Gasteiger partial charge on any atom is 0.354 e. The molecule has 0 aromatic heterocycles. The van der Waals surface area contributed by atoms with Crippen LogP contribution in [0.3, 0.4) is 0 Å². The average molecular weight is 423 g/mol. The summed E-state index contributed by atoms with van der Waals surface area (Å²) in [5, 5.41) is 2.71. The van der Waals surface area contributed by atoms with E-state index in [1.54, 1.807) is 0 Å². The molecule has 154 valence electrons. The van der Waals surface area contributed by atoms with Gasteiger partial charge in [-0.1, -0.05) is 0 Å². The lowest BCUT2D eigenvalue weighted by Gasteiger charge is -2.11. The molecule has 0 unspecified atom stereocenters. The minimum Gasteiger partial charge on any atom is -0.466 e. The van der Waals surface area contributed by atoms with E-state index < -0.39 is 27.6 Å². The van der Waals surface area contributed by atoms with Crippen LogP contribution in [0.15, 0.2) is 59.1 Å². The molecule has 2 rings (SSSR count). The molecule has 0 heterocycles. The Morgan fingerprint density at radius 1 is 1.03 bits per heavy atom. The van der Waals surface area contributed by atoms with Crippen LogP contribution in [0.25, 0.3) is 0 Å². The second kappa shape index (κ2) is 9.20. The van der Waals surface area contributed by atoms with Crippen molar-refractivity contribution in [1.29, 1.82) is 0 Å². The summed E-state index contributed by atoms with van der Waals surface area (Å²) in [6.45, 7) is 0. The highest BCUT2D eigenvalue weighted by molar-refractivity contribution is 7.90. The molecular weight excluding hydrogens is 405 g/mol. The van der Waals surface area contributed by atoms with Crippen molar-refractivity contribution in [3.05, 3.63) is 60.1 Å². The Balaban J connectivity index is 2.17. The van der Waals surface area contributed by atoms with Crippen LogP contribution in [0.5, 0.6) is 11.5 Å². The number of halogens is 1. The molecule has 0 fully saturated rings. The molecule has 0 aliphatic heterocycles. The fourth-order valence-corrected chi connectivity index (χ4v) is 2.75. The van der Waals surface area contributed by atoms with E-state index >= 15 is 0 Å². The molecule has 10 heteroatoms. The number of nitrogens with one attached hydrogen (secondary N) is 1. The third-order valence-electron chi connectivity index (χ3n) is 3.56. The Labute approximate surface area is 166 Å². The molecule has 0 atom stereocenters. The van der Waals surface area contributed by atoms with Gasteiger partial charge in [-0.3, -0.25) is 0 Å². The first-order valence-corrected chi connectivity index (χ1v) is 9.95. The molecule has 8 nitrogen and oxygen atoms in total. The van der Waals surface area contributed by atoms with E-state index in [0.717, 1.165) is 25.5 Å². The third-order valence-corrected chi connectivity index (χ3v) is 4.67. The molecule has 0 aliphatic carbocycles. The Hall–Kier alpha value is -3.40. The molecule has 0 bridgehead atoms. The van der Waals surface area contributed by atoms with E-state index in [1.165, 1.54) is 43.5 Å². The van der Waals surface area contributed by atoms with Crippen molar-refractivity contribution >= 4 is 27.5 Å². The normalized spacial score (nSPS) is 11.5. The minimum absolute atomic E-state index is 0.143. The van der Waals surface area contributed by atoms with Crippen LogP contribution in [-0.4, -0.2) is 40.8 Å². The van der Waals surface area contributed by atoms with Gasteiger partial charge >= 0.3 is 11.9 Å². The van der Waals surface area contributed by atoms with Crippen LogP contribution in [0, 0.1) is 5.82 Å². The van der Waals surface area contributed by atoms with E-state index in [1.807, 2.05) is 0 Å². The Morgan fingerprint density at radius 3 is 2.21 bits per heavy atom. The van der Waals surface area contributed by atoms with Crippen molar-refractivity contribution in [3.63, 3.8) is 0 Å². The van der Waals surface area contributed by atoms with Gasteiger partial charge < -0.3 is 19.5 Å². The number of methoxy groups -OCH3 is 2. The number of benzene rings is 2. The van der Waals surface area contributed by atoms with Crippen LogP contribution < -0.4 is 10.1 Å². The number of anilines is 1. The minimum atomic E-state index is -3.53. The summed E-state index contributed by atoms with van der Waals surface area (Å²) in [6, 6.07) is 9.34. The number of hydrogen-bond acceptors (Lipinski definition) is 8. The fourth-order valence-electron chi connectivity index (χ4n) is 2.12. The molecule has 0 amide bonds. The summed E-state index contributed by atoms with van der Waals surface area (Å²) in [7, 11) is -1.20. The average Bonchev–Trinajstić information content (AvgIpc) is 2.68. The largest absolute Gasteiger partial charge is 0.466 e. The van der Waals surface area contributed by atoms with E-state index in [-0.39, 0.29) is 22.1 Å². The van der Waals surface area contributed by atoms with Crippen molar-refractivity contribution in [3.8, 4) is 11.5 Å². The van der Waals surface area contributed by atoms with Gasteiger partial charge in [-0.25, -0.2) is 22.4 Å². The maximum atomic E-state index is 14.1. The van der Waals surface area contributed by atoms with E-state index in [2.05, 4.69) is 14.8 Å². The summed E-state index contributed by atoms with van der Waals surface area (Å²) in [4.78, 5) is 23.0. The zero-order chi connectivity index (χ0) is 21.6. The van der Waals surface area contributed by atoms with Crippen LogP contribution in [0.4, 0.5) is 10.1 Å². The molecule has 0 saturated carbocycles. The fraction of sp³-hybridized carbons (Fsp3) is 0.158. The maximum absolute atomic E-state index is 14.1. The predicted octanol–water partition coefficient (Wildman–Crippen LogP) is 2.66. The Kier molecular flexibility index (Phi) is 6.94. The molecule has 0 saturated heterocycles. The topological polar surface area (TPSA) is 108 Å². The van der Waals surface area contributed by atoms with Crippen LogP contribution in [-0.2, 0) is 28.9 Å². The lowest BCUT2D eigenvalue weighted by atomic mass is 10.2. The van der Waals surface area contributed by atoms with Crippen LogP contribution in [0.2, 0.25) is 0 Å². The van der Waals surface area contributed by atoms with Crippen LogP contribution in [0.1, 0.15) is 0 Å². The van der Waals surface area contributed by atoms with Gasteiger partial charge in [0.15, 0.2) is 21.4 Å². The number of ether oxygens (including phenoxy) is 3. The second-order valence-corrected chi connectivity index (χ2v) is 7.70. The molecule has 0 radical (unpaired) electrons. The number of esters is 2. The first-order valence-electron chi connectivity index (χ1n) is 8.06. The summed E-state index contributed by atoms with van der Waals surface area (Å²) in [5.41, 5.74) is 0.279. The second-order valence-electron chi connectivity index (χ2n) is 5.69. The van der Waals surface area contributed by atoms with Gasteiger partial charge in [0.1, 0.15) is 11.4 Å². The Bertz CT molecular complexity index is 1050. The molecule has 0 aliphatic rings. The highest BCUT2D eigenvalue weighted by Gasteiger charge is 2.14. The first kappa shape index (κ1) is 21.9. The third kappa shape index (κ3) is 6.04. The van der Waals surface area contributed by atoms with Crippen molar-refractivity contribution < 1.29 is 36.6 Å². The van der Waals surface area contributed by atoms with Crippen molar-refractivity contribution in [2.45, 2.75) is 4.90 Å². The lowest BCUT2D eigenvalue weighted by molar-refractivity contribution is -0.138. The van der Waals surface area contributed by atoms with Gasteiger partial charge in [0, 0.05) is 11.9 Å². The molecule has 2 aromatic rings. The molecular formula is C19H18FNO7S. The number of sulfone groups is 1. The van der Waals surface area contributed by atoms with Gasteiger partial charge in [-0.15, -0.1) is 0 Å². The lowest BCUT2D eigenvalue weighted by Crippen LogP contribution is -2.15.